The minimum atomic E-state index is 0.730. The lowest BCUT2D eigenvalue weighted by Gasteiger charge is -2.03. The molecule has 0 aliphatic rings. The number of nitrogens with zero attached hydrogens (tertiary/aromatic N) is 1. The highest BCUT2D eigenvalue weighted by Gasteiger charge is 2.05. The zero-order valence-corrected chi connectivity index (χ0v) is 9.35. The topological polar surface area (TPSA) is 12.9 Å². The Balaban J connectivity index is 2.94. The minimum Gasteiger partial charge on any atom is -0.255 e. The van der Waals surface area contributed by atoms with E-state index in [0.717, 1.165) is 26.0 Å². The lowest BCUT2D eigenvalue weighted by molar-refractivity contribution is 1.35. The Labute approximate surface area is 89.9 Å². The molecule has 0 bridgehead atoms. The van der Waals surface area contributed by atoms with Gasteiger partial charge in [0.25, 0.3) is 0 Å². The second-order valence-corrected chi connectivity index (χ2v) is 4.12. The highest BCUT2D eigenvalue weighted by Crippen LogP contribution is 2.30. The zero-order valence-electron chi connectivity index (χ0n) is 7.01. The van der Waals surface area contributed by atoms with Crippen molar-refractivity contribution in [2.45, 2.75) is 6.92 Å². The Morgan fingerprint density at radius 1 is 1.38 bits per heavy atom. The molecule has 0 amide bonds. The maximum Gasteiger partial charge on any atom is 0.0746 e. The third-order valence-electron chi connectivity index (χ3n) is 1.99. The first-order valence-electron chi connectivity index (χ1n) is 3.89. The van der Waals surface area contributed by atoms with Gasteiger partial charge in [-0.3, -0.25) is 4.98 Å². The van der Waals surface area contributed by atoms with E-state index in [4.69, 9.17) is 11.6 Å². The molecule has 0 unspecified atom stereocenters. The maximum atomic E-state index is 6.11. The second kappa shape index (κ2) is 3.28. The highest BCUT2D eigenvalue weighted by atomic mass is 79.9. The number of aromatic nitrogens is 1. The van der Waals surface area contributed by atoms with Crippen molar-refractivity contribution in [3.05, 3.63) is 39.5 Å². The van der Waals surface area contributed by atoms with Crippen molar-refractivity contribution in [3.63, 3.8) is 0 Å². The van der Waals surface area contributed by atoms with Gasteiger partial charge >= 0.3 is 0 Å². The lowest BCUT2D eigenvalue weighted by Crippen LogP contribution is -1.84. The molecule has 0 aliphatic carbocycles. The first-order chi connectivity index (χ1) is 6.20. The Bertz CT molecular complexity index is 468. The lowest BCUT2D eigenvalue weighted by atomic mass is 10.1. The third-order valence-corrected chi connectivity index (χ3v) is 3.23. The number of hydrogen-bond acceptors (Lipinski definition) is 1. The summed E-state index contributed by atoms with van der Waals surface area (Å²) in [7, 11) is 0. The van der Waals surface area contributed by atoms with Gasteiger partial charge in [0.15, 0.2) is 0 Å². The summed E-state index contributed by atoms with van der Waals surface area (Å²) < 4.78 is 0.840. The van der Waals surface area contributed by atoms with Crippen LogP contribution in [-0.4, -0.2) is 4.98 Å². The van der Waals surface area contributed by atoms with Gasteiger partial charge in [-0.05, 0) is 28.4 Å². The SMILES string of the molecule is Cc1cccc2c(Cl)c(Br)cnc12. The van der Waals surface area contributed by atoms with Gasteiger partial charge in [0.1, 0.15) is 0 Å². The molecular weight excluding hydrogens is 249 g/mol. The smallest absolute Gasteiger partial charge is 0.0746 e. The molecule has 0 aliphatic heterocycles. The maximum absolute atomic E-state index is 6.11. The number of fused-ring (bicyclic) bond motifs is 1. The van der Waals surface area contributed by atoms with E-state index in [9.17, 15) is 0 Å². The van der Waals surface area contributed by atoms with Gasteiger partial charge in [-0.2, -0.15) is 0 Å². The summed E-state index contributed by atoms with van der Waals surface area (Å²) in [5.41, 5.74) is 2.11. The summed E-state index contributed by atoms with van der Waals surface area (Å²) in [6.07, 6.45) is 1.73. The Hall–Kier alpha value is -0.600. The number of rotatable bonds is 0. The third kappa shape index (κ3) is 1.45. The van der Waals surface area contributed by atoms with Gasteiger partial charge in [0, 0.05) is 11.6 Å². The Morgan fingerprint density at radius 2 is 2.15 bits per heavy atom. The molecule has 1 aromatic carbocycles. The zero-order chi connectivity index (χ0) is 9.42. The predicted octanol–water partition coefficient (Wildman–Crippen LogP) is 3.96. The van der Waals surface area contributed by atoms with Crippen molar-refractivity contribution < 1.29 is 0 Å². The van der Waals surface area contributed by atoms with Crippen LogP contribution in [0.15, 0.2) is 28.9 Å². The minimum absolute atomic E-state index is 0.730. The molecule has 1 aromatic heterocycles. The fraction of sp³-hybridized carbons (Fsp3) is 0.100. The van der Waals surface area contributed by atoms with Crippen LogP contribution < -0.4 is 0 Å². The molecule has 0 radical (unpaired) electrons. The van der Waals surface area contributed by atoms with Crippen molar-refractivity contribution in [1.82, 2.24) is 4.98 Å². The van der Waals surface area contributed by atoms with Gasteiger partial charge in [-0.25, -0.2) is 0 Å². The molecule has 0 atom stereocenters. The number of aryl methyl sites for hydroxylation is 1. The number of hydrogen-bond donors (Lipinski definition) is 0. The first-order valence-corrected chi connectivity index (χ1v) is 5.06. The van der Waals surface area contributed by atoms with Crippen LogP contribution in [0.3, 0.4) is 0 Å². The van der Waals surface area contributed by atoms with E-state index in [2.05, 4.69) is 20.9 Å². The Morgan fingerprint density at radius 3 is 2.92 bits per heavy atom. The molecule has 0 fully saturated rings. The molecule has 0 N–H and O–H groups in total. The van der Waals surface area contributed by atoms with Crippen LogP contribution in [0.5, 0.6) is 0 Å². The summed E-state index contributed by atoms with van der Waals surface area (Å²) in [6.45, 7) is 2.03. The van der Waals surface area contributed by atoms with E-state index in [1.807, 2.05) is 25.1 Å². The average molecular weight is 257 g/mol. The number of para-hydroxylation sites is 1. The fourth-order valence-electron chi connectivity index (χ4n) is 1.31. The van der Waals surface area contributed by atoms with Crippen molar-refractivity contribution in [2.24, 2.45) is 0 Å². The molecule has 2 aromatic rings. The molecule has 1 heterocycles. The van der Waals surface area contributed by atoms with E-state index in [1.165, 1.54) is 0 Å². The highest BCUT2D eigenvalue weighted by molar-refractivity contribution is 9.10. The summed E-state index contributed by atoms with van der Waals surface area (Å²) >= 11 is 9.46. The van der Waals surface area contributed by atoms with E-state index in [1.54, 1.807) is 6.20 Å². The summed E-state index contributed by atoms with van der Waals surface area (Å²) in [6, 6.07) is 5.99. The van der Waals surface area contributed by atoms with Crippen LogP contribution in [-0.2, 0) is 0 Å². The van der Waals surface area contributed by atoms with Gasteiger partial charge in [-0.1, -0.05) is 29.8 Å². The number of halogens is 2. The number of benzene rings is 1. The van der Waals surface area contributed by atoms with Crippen molar-refractivity contribution in [2.75, 3.05) is 0 Å². The standard InChI is InChI=1S/C10H7BrClN/c1-6-3-2-4-7-9(12)8(11)5-13-10(6)7/h2-5H,1H3. The molecule has 0 saturated heterocycles. The van der Waals surface area contributed by atoms with Crippen molar-refractivity contribution >= 4 is 38.4 Å². The average Bonchev–Trinajstić information content (AvgIpc) is 2.12. The van der Waals surface area contributed by atoms with Crippen LogP contribution >= 0.6 is 27.5 Å². The quantitative estimate of drug-likeness (QED) is 0.695. The van der Waals surface area contributed by atoms with Crippen LogP contribution in [0.1, 0.15) is 5.56 Å². The van der Waals surface area contributed by atoms with Gasteiger partial charge < -0.3 is 0 Å². The van der Waals surface area contributed by atoms with Crippen LogP contribution in [0.25, 0.3) is 10.9 Å². The molecule has 2 rings (SSSR count). The van der Waals surface area contributed by atoms with Crippen molar-refractivity contribution in [1.29, 1.82) is 0 Å². The van der Waals surface area contributed by atoms with Gasteiger partial charge in [0.2, 0.25) is 0 Å². The summed E-state index contributed by atoms with van der Waals surface area (Å²) in [5, 5.41) is 1.73. The van der Waals surface area contributed by atoms with Crippen LogP contribution in [0, 0.1) is 6.92 Å². The van der Waals surface area contributed by atoms with E-state index >= 15 is 0 Å². The molecule has 1 nitrogen and oxygen atoms in total. The number of pyridine rings is 1. The van der Waals surface area contributed by atoms with Crippen molar-refractivity contribution in [3.8, 4) is 0 Å². The normalized spacial score (nSPS) is 10.7. The summed E-state index contributed by atoms with van der Waals surface area (Å²) in [5.74, 6) is 0. The molecule has 0 saturated carbocycles. The van der Waals surface area contributed by atoms with Gasteiger partial charge in [-0.15, -0.1) is 0 Å². The Kier molecular flexibility index (Phi) is 2.26. The van der Waals surface area contributed by atoms with Crippen LogP contribution in [0.4, 0.5) is 0 Å². The molecule has 0 spiro atoms. The monoisotopic (exact) mass is 255 g/mol. The van der Waals surface area contributed by atoms with Crippen LogP contribution in [0.2, 0.25) is 5.02 Å². The molecular formula is C10H7BrClN. The molecule has 66 valence electrons. The predicted molar refractivity (Wildman–Crippen MR) is 59.2 cm³/mol. The second-order valence-electron chi connectivity index (χ2n) is 2.89. The fourth-order valence-corrected chi connectivity index (χ4v) is 1.83. The molecule has 3 heteroatoms. The van der Waals surface area contributed by atoms with Gasteiger partial charge in [0.05, 0.1) is 15.0 Å². The largest absolute Gasteiger partial charge is 0.255 e. The van der Waals surface area contributed by atoms with E-state index in [0.29, 0.717) is 0 Å². The van der Waals surface area contributed by atoms with E-state index in [-0.39, 0.29) is 0 Å². The first kappa shape index (κ1) is 8.97. The molecule has 13 heavy (non-hydrogen) atoms. The summed E-state index contributed by atoms with van der Waals surface area (Å²) in [4.78, 5) is 4.31. The van der Waals surface area contributed by atoms with E-state index < -0.39 is 0 Å².